The minimum absolute atomic E-state index is 0.283. The fourth-order valence-corrected chi connectivity index (χ4v) is 3.49. The van der Waals surface area contributed by atoms with Gasteiger partial charge in [-0.3, -0.25) is 0 Å². The van der Waals surface area contributed by atoms with E-state index in [0.29, 0.717) is 17.9 Å². The zero-order valence-electron chi connectivity index (χ0n) is 12.7. The SMILES string of the molecule is COc1ccc(Cc2cc(C)ccc2S(=O)(O)=S)c(OC)c1. The first kappa shape index (κ1) is 16.7. The minimum Gasteiger partial charge on any atom is -0.497 e. The van der Waals surface area contributed by atoms with E-state index in [0.717, 1.165) is 16.7 Å². The van der Waals surface area contributed by atoms with Crippen LogP contribution in [-0.2, 0) is 26.4 Å². The standard InChI is InChI=1S/C16H18O4S2/c1-11-4-7-16(22(17,18)21)13(8-11)9-12-5-6-14(19-2)10-15(12)20-3/h4-8,10H,9H2,1-3H3,(H,17,18,21). The Balaban J connectivity index is 2.49. The van der Waals surface area contributed by atoms with Crippen LogP contribution in [0, 0.1) is 6.92 Å². The first-order valence-electron chi connectivity index (χ1n) is 6.63. The molecule has 0 saturated carbocycles. The van der Waals surface area contributed by atoms with Gasteiger partial charge in [0, 0.05) is 23.7 Å². The van der Waals surface area contributed by atoms with Crippen molar-refractivity contribution in [3.63, 3.8) is 0 Å². The zero-order valence-corrected chi connectivity index (χ0v) is 14.3. The highest BCUT2D eigenvalue weighted by molar-refractivity contribution is 8.29. The Hall–Kier alpha value is -1.63. The number of hydrogen-bond donors (Lipinski definition) is 1. The van der Waals surface area contributed by atoms with E-state index in [4.69, 9.17) is 20.7 Å². The second-order valence-electron chi connectivity index (χ2n) is 4.94. The Morgan fingerprint density at radius 3 is 2.41 bits per heavy atom. The molecule has 0 spiro atoms. The van der Waals surface area contributed by atoms with Crippen LogP contribution in [0.3, 0.4) is 0 Å². The molecule has 1 atom stereocenters. The molecule has 0 amide bonds. The van der Waals surface area contributed by atoms with Gasteiger partial charge in [-0.2, -0.15) is 0 Å². The number of ether oxygens (including phenoxy) is 2. The molecular weight excluding hydrogens is 320 g/mol. The molecule has 0 heterocycles. The summed E-state index contributed by atoms with van der Waals surface area (Å²) in [4.78, 5) is 0.283. The van der Waals surface area contributed by atoms with Crippen LogP contribution < -0.4 is 9.47 Å². The highest BCUT2D eigenvalue weighted by Crippen LogP contribution is 2.29. The van der Waals surface area contributed by atoms with Crippen LogP contribution in [0.1, 0.15) is 16.7 Å². The number of benzene rings is 2. The monoisotopic (exact) mass is 338 g/mol. The van der Waals surface area contributed by atoms with Gasteiger partial charge < -0.3 is 14.0 Å². The fraction of sp³-hybridized carbons (Fsp3) is 0.250. The maximum atomic E-state index is 11.9. The molecule has 0 saturated heterocycles. The Morgan fingerprint density at radius 2 is 1.82 bits per heavy atom. The molecule has 2 aromatic carbocycles. The molecule has 0 radical (unpaired) electrons. The van der Waals surface area contributed by atoms with Crippen molar-refractivity contribution in [1.29, 1.82) is 0 Å². The molecule has 2 aromatic rings. The summed E-state index contributed by atoms with van der Waals surface area (Å²) in [6.07, 6.45) is 0.457. The molecule has 0 aliphatic heterocycles. The molecular formula is C16H18O4S2. The average molecular weight is 338 g/mol. The van der Waals surface area contributed by atoms with Crippen molar-refractivity contribution in [2.75, 3.05) is 14.2 Å². The van der Waals surface area contributed by atoms with Crippen molar-refractivity contribution in [3.8, 4) is 11.5 Å². The third-order valence-corrected chi connectivity index (χ3v) is 4.86. The molecule has 6 heteroatoms. The fourth-order valence-electron chi connectivity index (χ4n) is 2.30. The summed E-state index contributed by atoms with van der Waals surface area (Å²) in [7, 11) is -0.265. The average Bonchev–Trinajstić information content (AvgIpc) is 2.46. The predicted octanol–water partition coefficient (Wildman–Crippen LogP) is 3.18. The molecule has 4 nitrogen and oxygen atoms in total. The van der Waals surface area contributed by atoms with Crippen LogP contribution in [-0.4, -0.2) is 23.0 Å². The zero-order chi connectivity index (χ0) is 16.3. The van der Waals surface area contributed by atoms with Crippen molar-refractivity contribution in [2.24, 2.45) is 0 Å². The van der Waals surface area contributed by atoms with Gasteiger partial charge in [0.25, 0.3) is 0 Å². The lowest BCUT2D eigenvalue weighted by Crippen LogP contribution is -2.04. The van der Waals surface area contributed by atoms with Crippen molar-refractivity contribution < 1.29 is 18.2 Å². The van der Waals surface area contributed by atoms with Gasteiger partial charge in [0.15, 0.2) is 8.77 Å². The minimum atomic E-state index is -3.43. The van der Waals surface area contributed by atoms with Crippen LogP contribution in [0.15, 0.2) is 41.3 Å². The van der Waals surface area contributed by atoms with E-state index < -0.39 is 8.77 Å². The van der Waals surface area contributed by atoms with Crippen molar-refractivity contribution in [3.05, 3.63) is 53.1 Å². The lowest BCUT2D eigenvalue weighted by molar-refractivity contribution is 0.391. The summed E-state index contributed by atoms with van der Waals surface area (Å²) < 4.78 is 32.2. The summed E-state index contributed by atoms with van der Waals surface area (Å²) in [5, 5.41) is 0. The van der Waals surface area contributed by atoms with Gasteiger partial charge >= 0.3 is 0 Å². The number of methoxy groups -OCH3 is 2. The second kappa shape index (κ2) is 6.64. The highest BCUT2D eigenvalue weighted by Gasteiger charge is 2.15. The Labute approximate surface area is 135 Å². The summed E-state index contributed by atoms with van der Waals surface area (Å²) in [6, 6.07) is 10.8. The summed E-state index contributed by atoms with van der Waals surface area (Å²) in [5.41, 5.74) is 2.63. The molecule has 0 bridgehead atoms. The number of rotatable bonds is 5. The number of aryl methyl sites for hydroxylation is 1. The summed E-state index contributed by atoms with van der Waals surface area (Å²) in [5.74, 6) is 1.36. The van der Waals surface area contributed by atoms with E-state index in [-0.39, 0.29) is 4.90 Å². The van der Waals surface area contributed by atoms with Gasteiger partial charge in [0.05, 0.1) is 19.1 Å². The molecule has 118 valence electrons. The number of hydrogen-bond acceptors (Lipinski definition) is 4. The molecule has 1 N–H and O–H groups in total. The van der Waals surface area contributed by atoms with Gasteiger partial charge in [-0.1, -0.05) is 23.8 Å². The Morgan fingerprint density at radius 1 is 1.09 bits per heavy atom. The van der Waals surface area contributed by atoms with Gasteiger partial charge in [0.2, 0.25) is 0 Å². The summed E-state index contributed by atoms with van der Waals surface area (Å²) in [6.45, 7) is 1.93. The summed E-state index contributed by atoms with van der Waals surface area (Å²) >= 11 is 4.73. The smallest absolute Gasteiger partial charge is 0.171 e. The largest absolute Gasteiger partial charge is 0.497 e. The molecule has 1 unspecified atom stereocenters. The molecule has 22 heavy (non-hydrogen) atoms. The van der Waals surface area contributed by atoms with E-state index >= 15 is 0 Å². The normalized spacial score (nSPS) is 13.5. The molecule has 0 aromatic heterocycles. The highest BCUT2D eigenvalue weighted by atomic mass is 32.8. The lowest BCUT2D eigenvalue weighted by Gasteiger charge is -2.13. The van der Waals surface area contributed by atoms with E-state index in [2.05, 4.69) is 0 Å². The molecule has 0 aliphatic carbocycles. The molecule has 0 fully saturated rings. The lowest BCUT2D eigenvalue weighted by atomic mass is 10.0. The second-order valence-corrected chi connectivity index (χ2v) is 7.69. The van der Waals surface area contributed by atoms with E-state index in [1.807, 2.05) is 25.1 Å². The van der Waals surface area contributed by atoms with Gasteiger partial charge in [-0.05, 0) is 30.2 Å². The first-order chi connectivity index (χ1) is 10.3. The van der Waals surface area contributed by atoms with E-state index in [1.165, 1.54) is 0 Å². The van der Waals surface area contributed by atoms with E-state index in [1.54, 1.807) is 32.4 Å². The Bertz CT molecular complexity index is 783. The van der Waals surface area contributed by atoms with Gasteiger partial charge in [0.1, 0.15) is 11.5 Å². The predicted molar refractivity (Wildman–Crippen MR) is 89.9 cm³/mol. The third kappa shape index (κ3) is 3.76. The molecule has 0 aliphatic rings. The van der Waals surface area contributed by atoms with Crippen molar-refractivity contribution >= 4 is 20.0 Å². The Kier molecular flexibility index (Phi) is 5.05. The molecule has 2 rings (SSSR count). The van der Waals surface area contributed by atoms with Gasteiger partial charge in [-0.25, -0.2) is 4.21 Å². The van der Waals surface area contributed by atoms with Gasteiger partial charge in [-0.15, -0.1) is 0 Å². The third-order valence-electron chi connectivity index (χ3n) is 3.37. The van der Waals surface area contributed by atoms with E-state index in [9.17, 15) is 8.76 Å². The van der Waals surface area contributed by atoms with Crippen molar-refractivity contribution in [1.82, 2.24) is 0 Å². The topological polar surface area (TPSA) is 55.8 Å². The maximum absolute atomic E-state index is 11.9. The van der Waals surface area contributed by atoms with Crippen LogP contribution in [0.25, 0.3) is 0 Å². The van der Waals surface area contributed by atoms with Crippen LogP contribution >= 0.6 is 0 Å². The van der Waals surface area contributed by atoms with Crippen LogP contribution in [0.2, 0.25) is 0 Å². The van der Waals surface area contributed by atoms with Crippen molar-refractivity contribution in [2.45, 2.75) is 18.2 Å². The quantitative estimate of drug-likeness (QED) is 0.907. The van der Waals surface area contributed by atoms with Crippen LogP contribution in [0.5, 0.6) is 11.5 Å². The maximum Gasteiger partial charge on any atom is 0.171 e. The first-order valence-corrected chi connectivity index (χ1v) is 9.07. The van der Waals surface area contributed by atoms with Crippen LogP contribution in [0.4, 0.5) is 0 Å².